The van der Waals surface area contributed by atoms with Crippen LogP contribution in [0.15, 0.2) is 53.7 Å². The molecular formula is C18H17N5O4S. The van der Waals surface area contributed by atoms with Crippen LogP contribution >= 0.6 is 11.8 Å². The third-order valence-electron chi connectivity index (χ3n) is 3.86. The smallest absolute Gasteiger partial charge is 0.269 e. The molecule has 3 rings (SSSR count). The highest BCUT2D eigenvalue weighted by molar-refractivity contribution is 7.99. The largest absolute Gasteiger partial charge is 0.497 e. The van der Waals surface area contributed by atoms with Gasteiger partial charge in [-0.25, -0.2) is 0 Å². The Bertz CT molecular complexity index is 1000. The quantitative estimate of drug-likeness (QED) is 0.369. The molecule has 0 spiro atoms. The molecule has 0 fully saturated rings. The second-order valence-electron chi connectivity index (χ2n) is 5.74. The summed E-state index contributed by atoms with van der Waals surface area (Å²) in [6.45, 7) is 0. The molecule has 144 valence electrons. The summed E-state index contributed by atoms with van der Waals surface area (Å²) in [4.78, 5) is 22.3. The minimum Gasteiger partial charge on any atom is -0.497 e. The van der Waals surface area contributed by atoms with Gasteiger partial charge in [-0.1, -0.05) is 23.9 Å². The first-order valence-electron chi connectivity index (χ1n) is 8.19. The van der Waals surface area contributed by atoms with Crippen molar-refractivity contribution in [3.8, 4) is 17.1 Å². The Morgan fingerprint density at radius 2 is 2.00 bits per heavy atom. The van der Waals surface area contributed by atoms with E-state index in [-0.39, 0.29) is 17.3 Å². The number of amides is 1. The molecule has 2 aromatic carbocycles. The van der Waals surface area contributed by atoms with Crippen molar-refractivity contribution >= 4 is 29.0 Å². The van der Waals surface area contributed by atoms with E-state index in [1.165, 1.54) is 36.0 Å². The fourth-order valence-corrected chi connectivity index (χ4v) is 3.16. The van der Waals surface area contributed by atoms with E-state index in [1.54, 1.807) is 11.7 Å². The molecule has 1 aromatic heterocycles. The molecule has 0 aliphatic rings. The number of hydrogen-bond acceptors (Lipinski definition) is 7. The summed E-state index contributed by atoms with van der Waals surface area (Å²) in [7, 11) is 3.42. The van der Waals surface area contributed by atoms with Gasteiger partial charge < -0.3 is 14.6 Å². The first-order chi connectivity index (χ1) is 13.5. The van der Waals surface area contributed by atoms with Crippen molar-refractivity contribution < 1.29 is 14.5 Å². The van der Waals surface area contributed by atoms with Gasteiger partial charge in [0, 0.05) is 30.4 Å². The molecule has 10 heteroatoms. The SMILES string of the molecule is COc1cccc(-c2nnc(SCC(=O)Nc3ccc([N+](=O)[O-])cc3)n2C)c1. The molecular weight excluding hydrogens is 382 g/mol. The Labute approximate surface area is 164 Å². The zero-order valence-corrected chi connectivity index (χ0v) is 16.0. The van der Waals surface area contributed by atoms with E-state index in [1.807, 2.05) is 31.3 Å². The first-order valence-corrected chi connectivity index (χ1v) is 9.17. The summed E-state index contributed by atoms with van der Waals surface area (Å²) < 4.78 is 7.03. The van der Waals surface area contributed by atoms with Crippen LogP contribution in [0, 0.1) is 10.1 Å². The number of carbonyl (C=O) groups is 1. The Balaban J connectivity index is 1.62. The van der Waals surface area contributed by atoms with E-state index >= 15 is 0 Å². The second-order valence-corrected chi connectivity index (χ2v) is 6.68. The Kier molecular flexibility index (Phi) is 5.90. The van der Waals surface area contributed by atoms with Crippen molar-refractivity contribution in [2.24, 2.45) is 7.05 Å². The number of non-ortho nitro benzene ring substituents is 1. The van der Waals surface area contributed by atoms with Gasteiger partial charge >= 0.3 is 0 Å². The second kappa shape index (κ2) is 8.53. The number of ether oxygens (including phenoxy) is 1. The van der Waals surface area contributed by atoms with Crippen LogP contribution in [0.25, 0.3) is 11.4 Å². The lowest BCUT2D eigenvalue weighted by atomic mass is 10.2. The number of methoxy groups -OCH3 is 1. The van der Waals surface area contributed by atoms with E-state index in [0.29, 0.717) is 16.7 Å². The van der Waals surface area contributed by atoms with Gasteiger partial charge in [0.05, 0.1) is 17.8 Å². The molecule has 0 saturated carbocycles. The van der Waals surface area contributed by atoms with Crippen molar-refractivity contribution in [2.75, 3.05) is 18.2 Å². The van der Waals surface area contributed by atoms with Gasteiger partial charge in [-0.15, -0.1) is 10.2 Å². The molecule has 0 bridgehead atoms. The molecule has 0 aliphatic carbocycles. The average Bonchev–Trinajstić information content (AvgIpc) is 3.07. The molecule has 0 aliphatic heterocycles. The van der Waals surface area contributed by atoms with Crippen LogP contribution in [0.1, 0.15) is 0 Å². The van der Waals surface area contributed by atoms with Crippen LogP contribution in [0.5, 0.6) is 5.75 Å². The molecule has 0 unspecified atom stereocenters. The van der Waals surface area contributed by atoms with Gasteiger partial charge in [0.25, 0.3) is 5.69 Å². The summed E-state index contributed by atoms with van der Waals surface area (Å²) >= 11 is 1.25. The van der Waals surface area contributed by atoms with E-state index in [0.717, 1.165) is 11.3 Å². The van der Waals surface area contributed by atoms with Crippen LogP contribution in [-0.2, 0) is 11.8 Å². The highest BCUT2D eigenvalue weighted by atomic mass is 32.2. The minimum atomic E-state index is -0.491. The summed E-state index contributed by atoms with van der Waals surface area (Å²) in [5, 5.41) is 22.3. The Morgan fingerprint density at radius 3 is 2.68 bits per heavy atom. The summed E-state index contributed by atoms with van der Waals surface area (Å²) in [6.07, 6.45) is 0. The minimum absolute atomic E-state index is 0.0310. The summed E-state index contributed by atoms with van der Waals surface area (Å²) in [5.41, 5.74) is 1.32. The molecule has 1 amide bonds. The van der Waals surface area contributed by atoms with E-state index in [2.05, 4.69) is 15.5 Å². The number of anilines is 1. The van der Waals surface area contributed by atoms with E-state index in [9.17, 15) is 14.9 Å². The van der Waals surface area contributed by atoms with Gasteiger partial charge in [-0.3, -0.25) is 14.9 Å². The lowest BCUT2D eigenvalue weighted by Gasteiger charge is -2.06. The number of rotatable bonds is 7. The number of nitrogens with zero attached hydrogens (tertiary/aromatic N) is 4. The topological polar surface area (TPSA) is 112 Å². The lowest BCUT2D eigenvalue weighted by molar-refractivity contribution is -0.384. The van der Waals surface area contributed by atoms with Crippen LogP contribution < -0.4 is 10.1 Å². The predicted molar refractivity (Wildman–Crippen MR) is 105 cm³/mol. The number of nitrogens with one attached hydrogen (secondary N) is 1. The maximum absolute atomic E-state index is 12.1. The molecule has 1 N–H and O–H groups in total. The Hall–Kier alpha value is -3.40. The zero-order valence-electron chi connectivity index (χ0n) is 15.2. The van der Waals surface area contributed by atoms with Gasteiger partial charge in [-0.2, -0.15) is 0 Å². The fraction of sp³-hybridized carbons (Fsp3) is 0.167. The number of hydrogen-bond donors (Lipinski definition) is 1. The number of aromatic nitrogens is 3. The molecule has 28 heavy (non-hydrogen) atoms. The normalized spacial score (nSPS) is 10.5. The van der Waals surface area contributed by atoms with Gasteiger partial charge in [0.2, 0.25) is 5.91 Å². The zero-order chi connectivity index (χ0) is 20.1. The highest BCUT2D eigenvalue weighted by Gasteiger charge is 2.14. The molecule has 1 heterocycles. The highest BCUT2D eigenvalue weighted by Crippen LogP contribution is 2.25. The summed E-state index contributed by atoms with van der Waals surface area (Å²) in [6, 6.07) is 13.1. The predicted octanol–water partition coefficient (Wildman–Crippen LogP) is 3.13. The van der Waals surface area contributed by atoms with Crippen molar-refractivity contribution in [2.45, 2.75) is 5.16 Å². The average molecular weight is 399 g/mol. The van der Waals surface area contributed by atoms with Crippen LogP contribution in [0.2, 0.25) is 0 Å². The fourth-order valence-electron chi connectivity index (χ4n) is 2.45. The number of nitro groups is 1. The van der Waals surface area contributed by atoms with Crippen LogP contribution in [0.4, 0.5) is 11.4 Å². The lowest BCUT2D eigenvalue weighted by Crippen LogP contribution is -2.14. The van der Waals surface area contributed by atoms with Crippen molar-refractivity contribution in [3.05, 3.63) is 58.6 Å². The number of thioether (sulfide) groups is 1. The molecule has 0 saturated heterocycles. The molecule has 0 radical (unpaired) electrons. The van der Waals surface area contributed by atoms with Crippen LogP contribution in [0.3, 0.4) is 0 Å². The monoisotopic (exact) mass is 399 g/mol. The van der Waals surface area contributed by atoms with Crippen molar-refractivity contribution in [3.63, 3.8) is 0 Å². The van der Waals surface area contributed by atoms with Crippen LogP contribution in [-0.4, -0.2) is 38.5 Å². The molecule has 0 atom stereocenters. The van der Waals surface area contributed by atoms with E-state index in [4.69, 9.17) is 4.74 Å². The van der Waals surface area contributed by atoms with Gasteiger partial charge in [-0.05, 0) is 24.3 Å². The summed E-state index contributed by atoms with van der Waals surface area (Å²) in [5.74, 6) is 1.26. The third-order valence-corrected chi connectivity index (χ3v) is 4.88. The number of carbonyl (C=O) groups excluding carboxylic acids is 1. The molecule has 3 aromatic rings. The Morgan fingerprint density at radius 1 is 1.25 bits per heavy atom. The maximum Gasteiger partial charge on any atom is 0.269 e. The van der Waals surface area contributed by atoms with Crippen molar-refractivity contribution in [1.82, 2.24) is 14.8 Å². The standard InChI is InChI=1S/C18H17N5O4S/c1-22-17(12-4-3-5-15(10-12)27-2)20-21-18(22)28-11-16(24)19-13-6-8-14(9-7-13)23(25)26/h3-10H,11H2,1-2H3,(H,19,24). The molecule has 9 nitrogen and oxygen atoms in total. The number of nitro benzene ring substituents is 1. The number of benzene rings is 2. The third kappa shape index (κ3) is 4.46. The first kappa shape index (κ1) is 19.4. The maximum atomic E-state index is 12.1. The van der Waals surface area contributed by atoms with Crippen molar-refractivity contribution in [1.29, 1.82) is 0 Å². The van der Waals surface area contributed by atoms with Gasteiger partial charge in [0.1, 0.15) is 5.75 Å². The van der Waals surface area contributed by atoms with Gasteiger partial charge in [0.15, 0.2) is 11.0 Å². The van der Waals surface area contributed by atoms with E-state index < -0.39 is 4.92 Å².